The topological polar surface area (TPSA) is 98.6 Å². The lowest BCUT2D eigenvalue weighted by atomic mass is 10.1. The van der Waals surface area contributed by atoms with Crippen LogP contribution in [0.1, 0.15) is 5.56 Å². The average Bonchev–Trinajstić information content (AvgIpc) is 2.20. The van der Waals surface area contributed by atoms with Crippen molar-refractivity contribution >= 4 is 11.4 Å². The number of nitrogens with two attached hydrogens (primary N) is 1. The van der Waals surface area contributed by atoms with Gasteiger partial charge in [0.05, 0.1) is 17.7 Å². The number of nitrogens with zero attached hydrogens (tertiary/aromatic N) is 1. The molecule has 0 aliphatic rings. The Morgan fingerprint density at radius 1 is 1.60 bits per heavy atom. The lowest BCUT2D eigenvalue weighted by molar-refractivity contribution is -0.386. The van der Waals surface area contributed by atoms with Crippen LogP contribution in [0.2, 0.25) is 0 Å². The van der Waals surface area contributed by atoms with E-state index in [1.165, 1.54) is 19.2 Å². The summed E-state index contributed by atoms with van der Waals surface area (Å²) in [6, 6.07) is 3.04. The van der Waals surface area contributed by atoms with Crippen molar-refractivity contribution in [1.29, 1.82) is 0 Å². The van der Waals surface area contributed by atoms with Crippen LogP contribution in [0.15, 0.2) is 12.1 Å². The van der Waals surface area contributed by atoms with Crippen molar-refractivity contribution in [2.45, 2.75) is 6.42 Å². The number of hydrogen-bond donors (Lipinski definition) is 2. The third-order valence-corrected chi connectivity index (χ3v) is 2.01. The number of methoxy groups -OCH3 is 1. The number of aliphatic hydroxyl groups excluding tert-OH is 1. The van der Waals surface area contributed by atoms with Gasteiger partial charge < -0.3 is 15.6 Å². The molecule has 0 aliphatic heterocycles. The van der Waals surface area contributed by atoms with E-state index in [2.05, 4.69) is 0 Å². The van der Waals surface area contributed by atoms with Gasteiger partial charge in [-0.3, -0.25) is 10.1 Å². The Balaban J connectivity index is 3.35. The zero-order valence-electron chi connectivity index (χ0n) is 8.27. The number of nitro groups is 1. The maximum absolute atomic E-state index is 10.8. The molecule has 3 N–H and O–H groups in total. The standard InChI is InChI=1S/C9H12N2O4/c1-15-9-7(10)3-2-6(4-5-12)8(9)11(13)14/h2-3,12H,4-5,10H2,1H3. The maximum atomic E-state index is 10.8. The molecule has 6 nitrogen and oxygen atoms in total. The molecule has 0 unspecified atom stereocenters. The smallest absolute Gasteiger partial charge is 0.316 e. The second kappa shape index (κ2) is 4.61. The normalized spacial score (nSPS) is 10.0. The van der Waals surface area contributed by atoms with Gasteiger partial charge in [0, 0.05) is 18.6 Å². The Kier molecular flexibility index (Phi) is 3.46. The van der Waals surface area contributed by atoms with Crippen molar-refractivity contribution in [3.8, 4) is 5.75 Å². The van der Waals surface area contributed by atoms with Crippen LogP contribution in [-0.2, 0) is 6.42 Å². The minimum atomic E-state index is -0.555. The lowest BCUT2D eigenvalue weighted by Gasteiger charge is -2.08. The second-order valence-electron chi connectivity index (χ2n) is 2.93. The first-order valence-corrected chi connectivity index (χ1v) is 4.32. The van der Waals surface area contributed by atoms with Crippen LogP contribution in [0.3, 0.4) is 0 Å². The highest BCUT2D eigenvalue weighted by Gasteiger charge is 2.22. The molecule has 0 radical (unpaired) electrons. The summed E-state index contributed by atoms with van der Waals surface area (Å²) in [5.41, 5.74) is 5.99. The van der Waals surface area contributed by atoms with E-state index in [4.69, 9.17) is 15.6 Å². The zero-order valence-corrected chi connectivity index (χ0v) is 8.27. The first kappa shape index (κ1) is 11.3. The number of hydrogen-bond acceptors (Lipinski definition) is 5. The van der Waals surface area contributed by atoms with Crippen molar-refractivity contribution in [2.75, 3.05) is 19.5 Å². The van der Waals surface area contributed by atoms with Gasteiger partial charge in [-0.05, 0) is 12.1 Å². The minimum absolute atomic E-state index is 0.0472. The molecule has 0 atom stereocenters. The fourth-order valence-electron chi connectivity index (χ4n) is 1.36. The van der Waals surface area contributed by atoms with Crippen molar-refractivity contribution in [1.82, 2.24) is 0 Å². The van der Waals surface area contributed by atoms with E-state index in [1.54, 1.807) is 0 Å². The molecule has 15 heavy (non-hydrogen) atoms. The van der Waals surface area contributed by atoms with Gasteiger partial charge in [-0.25, -0.2) is 0 Å². The number of nitro benzene ring substituents is 1. The summed E-state index contributed by atoms with van der Waals surface area (Å²) in [4.78, 5) is 10.3. The fraction of sp³-hybridized carbons (Fsp3) is 0.333. The molecule has 1 rings (SSSR count). The van der Waals surface area contributed by atoms with Crippen LogP contribution in [-0.4, -0.2) is 23.7 Å². The van der Waals surface area contributed by atoms with Gasteiger partial charge >= 0.3 is 5.69 Å². The first-order valence-electron chi connectivity index (χ1n) is 4.32. The molecule has 0 heterocycles. The second-order valence-corrected chi connectivity index (χ2v) is 2.93. The molecule has 1 aromatic carbocycles. The molecule has 0 spiro atoms. The lowest BCUT2D eigenvalue weighted by Crippen LogP contribution is -2.03. The molecule has 0 fully saturated rings. The number of rotatable bonds is 4. The molecule has 0 aromatic heterocycles. The molecule has 6 heteroatoms. The SMILES string of the molecule is COc1c(N)ccc(CCO)c1[N+](=O)[O-]. The average molecular weight is 212 g/mol. The largest absolute Gasteiger partial charge is 0.489 e. The van der Waals surface area contributed by atoms with Crippen LogP contribution in [0.25, 0.3) is 0 Å². The summed E-state index contributed by atoms with van der Waals surface area (Å²) < 4.78 is 4.88. The van der Waals surface area contributed by atoms with Crippen LogP contribution in [0.4, 0.5) is 11.4 Å². The van der Waals surface area contributed by atoms with Crippen molar-refractivity contribution in [3.05, 3.63) is 27.8 Å². The Morgan fingerprint density at radius 2 is 2.27 bits per heavy atom. The molecule has 0 amide bonds. The third kappa shape index (κ3) is 2.16. The van der Waals surface area contributed by atoms with E-state index in [-0.39, 0.29) is 30.2 Å². The third-order valence-electron chi connectivity index (χ3n) is 2.01. The fourth-order valence-corrected chi connectivity index (χ4v) is 1.36. The van der Waals surface area contributed by atoms with Crippen molar-refractivity contribution in [2.24, 2.45) is 0 Å². The van der Waals surface area contributed by atoms with Crippen LogP contribution in [0, 0.1) is 10.1 Å². The Hall–Kier alpha value is -1.82. The number of benzene rings is 1. The molecule has 82 valence electrons. The Morgan fingerprint density at radius 3 is 2.73 bits per heavy atom. The van der Waals surface area contributed by atoms with Gasteiger partial charge in [-0.15, -0.1) is 0 Å². The predicted octanol–water partition coefficient (Wildman–Crippen LogP) is 0.720. The van der Waals surface area contributed by atoms with E-state index in [1.807, 2.05) is 0 Å². The molecular weight excluding hydrogens is 200 g/mol. The molecule has 0 saturated heterocycles. The van der Waals surface area contributed by atoms with Crippen molar-refractivity contribution < 1.29 is 14.8 Å². The summed E-state index contributed by atoms with van der Waals surface area (Å²) in [7, 11) is 1.32. The van der Waals surface area contributed by atoms with E-state index >= 15 is 0 Å². The van der Waals surface area contributed by atoms with Gasteiger partial charge in [0.15, 0.2) is 0 Å². The van der Waals surface area contributed by atoms with Crippen LogP contribution < -0.4 is 10.5 Å². The molecule has 0 saturated carbocycles. The predicted molar refractivity (Wildman–Crippen MR) is 54.9 cm³/mol. The highest BCUT2D eigenvalue weighted by atomic mass is 16.6. The summed E-state index contributed by atoms with van der Waals surface area (Å²) >= 11 is 0. The molecular formula is C9H12N2O4. The van der Waals surface area contributed by atoms with Gasteiger partial charge in [0.1, 0.15) is 0 Å². The van der Waals surface area contributed by atoms with Gasteiger partial charge in [-0.2, -0.15) is 0 Å². The first-order chi connectivity index (χ1) is 7.11. The maximum Gasteiger partial charge on any atom is 0.316 e. The van der Waals surface area contributed by atoms with Crippen LogP contribution >= 0.6 is 0 Å². The molecule has 0 aliphatic carbocycles. The van der Waals surface area contributed by atoms with E-state index in [0.717, 1.165) is 0 Å². The van der Waals surface area contributed by atoms with Gasteiger partial charge in [0.25, 0.3) is 0 Å². The van der Waals surface area contributed by atoms with E-state index < -0.39 is 4.92 Å². The quantitative estimate of drug-likeness (QED) is 0.435. The molecule has 0 bridgehead atoms. The summed E-state index contributed by atoms with van der Waals surface area (Å²) in [6.07, 6.45) is 0.201. The zero-order chi connectivity index (χ0) is 11.4. The number of ether oxygens (including phenoxy) is 1. The van der Waals surface area contributed by atoms with E-state index in [9.17, 15) is 10.1 Å². The number of anilines is 1. The monoisotopic (exact) mass is 212 g/mol. The van der Waals surface area contributed by atoms with E-state index in [0.29, 0.717) is 5.56 Å². The number of aliphatic hydroxyl groups is 1. The highest BCUT2D eigenvalue weighted by molar-refractivity contribution is 5.67. The summed E-state index contributed by atoms with van der Waals surface area (Å²) in [5, 5.41) is 19.6. The summed E-state index contributed by atoms with van der Waals surface area (Å²) in [5.74, 6) is 0.0472. The Labute approximate surface area is 86.4 Å². The molecule has 1 aromatic rings. The van der Waals surface area contributed by atoms with Gasteiger partial charge in [-0.1, -0.05) is 0 Å². The Bertz CT molecular complexity index is 379. The summed E-state index contributed by atoms with van der Waals surface area (Å²) in [6.45, 7) is -0.159. The number of nitrogen functional groups attached to an aromatic ring is 1. The van der Waals surface area contributed by atoms with Crippen LogP contribution in [0.5, 0.6) is 5.75 Å². The minimum Gasteiger partial charge on any atom is -0.489 e. The van der Waals surface area contributed by atoms with Crippen molar-refractivity contribution in [3.63, 3.8) is 0 Å². The highest BCUT2D eigenvalue weighted by Crippen LogP contribution is 2.36. The van der Waals surface area contributed by atoms with Gasteiger partial charge in [0.2, 0.25) is 5.75 Å².